The van der Waals surface area contributed by atoms with Gasteiger partial charge in [-0.3, -0.25) is 4.79 Å². The number of anilines is 1. The number of hydrogen-bond donors (Lipinski definition) is 2. The van der Waals surface area contributed by atoms with Crippen LogP contribution < -0.4 is 10.6 Å². The second kappa shape index (κ2) is 6.30. The maximum absolute atomic E-state index is 13.2. The molecule has 0 aliphatic heterocycles. The Morgan fingerprint density at radius 1 is 1.41 bits per heavy atom. The molecule has 94 valence electrons. The summed E-state index contributed by atoms with van der Waals surface area (Å²) in [6, 6.07) is 2.95. The highest BCUT2D eigenvalue weighted by molar-refractivity contribution is 5.91. The van der Waals surface area contributed by atoms with Gasteiger partial charge in [0.15, 0.2) is 0 Å². The summed E-state index contributed by atoms with van der Waals surface area (Å²) >= 11 is 0. The fourth-order valence-electron chi connectivity index (χ4n) is 1.49. The first-order valence-electron chi connectivity index (χ1n) is 5.51. The fraction of sp³-hybridized carbons (Fsp3) is 0.417. The van der Waals surface area contributed by atoms with Crippen LogP contribution in [0.25, 0.3) is 0 Å². The number of amides is 1. The zero-order valence-electron chi connectivity index (χ0n) is 9.89. The third kappa shape index (κ3) is 4.48. The van der Waals surface area contributed by atoms with Crippen molar-refractivity contribution >= 4 is 11.6 Å². The summed E-state index contributed by atoms with van der Waals surface area (Å²) in [6.07, 6.45) is 0.212. The van der Waals surface area contributed by atoms with Crippen LogP contribution in [0.3, 0.4) is 0 Å². The highest BCUT2D eigenvalue weighted by Gasteiger charge is 2.11. The van der Waals surface area contributed by atoms with Gasteiger partial charge in [0.25, 0.3) is 0 Å². The van der Waals surface area contributed by atoms with Gasteiger partial charge in [-0.2, -0.15) is 0 Å². The topological polar surface area (TPSA) is 41.1 Å². The van der Waals surface area contributed by atoms with E-state index in [0.717, 1.165) is 24.7 Å². The minimum absolute atomic E-state index is 0.00313. The number of hydrogen-bond acceptors (Lipinski definition) is 2. The SMILES string of the molecule is CCNC(C)CC(=O)Nc1cc(F)ccc1F. The molecule has 1 atom stereocenters. The molecule has 1 rings (SSSR count). The summed E-state index contributed by atoms with van der Waals surface area (Å²) in [5, 5.41) is 5.41. The van der Waals surface area contributed by atoms with Gasteiger partial charge in [-0.15, -0.1) is 0 Å². The molecule has 1 unspecified atom stereocenters. The van der Waals surface area contributed by atoms with E-state index in [1.54, 1.807) is 0 Å². The Labute approximate surface area is 99.2 Å². The lowest BCUT2D eigenvalue weighted by Crippen LogP contribution is -2.30. The van der Waals surface area contributed by atoms with Gasteiger partial charge in [0.2, 0.25) is 5.91 Å². The molecule has 2 N–H and O–H groups in total. The van der Waals surface area contributed by atoms with Gasteiger partial charge in [-0.25, -0.2) is 8.78 Å². The maximum Gasteiger partial charge on any atom is 0.226 e. The van der Waals surface area contributed by atoms with Crippen LogP contribution in [-0.4, -0.2) is 18.5 Å². The summed E-state index contributed by atoms with van der Waals surface area (Å²) in [5.41, 5.74) is -0.126. The van der Waals surface area contributed by atoms with E-state index < -0.39 is 11.6 Å². The first kappa shape index (κ1) is 13.6. The van der Waals surface area contributed by atoms with Crippen LogP contribution in [0.5, 0.6) is 0 Å². The molecule has 0 bridgehead atoms. The molecule has 1 aromatic carbocycles. The smallest absolute Gasteiger partial charge is 0.226 e. The van der Waals surface area contributed by atoms with Crippen LogP contribution in [0.15, 0.2) is 18.2 Å². The summed E-state index contributed by atoms with van der Waals surface area (Å²) in [5.74, 6) is -1.57. The Kier molecular flexibility index (Phi) is 5.03. The van der Waals surface area contributed by atoms with E-state index in [-0.39, 0.29) is 24.1 Å². The molecule has 0 saturated heterocycles. The number of rotatable bonds is 5. The van der Waals surface area contributed by atoms with Crippen LogP contribution in [0.2, 0.25) is 0 Å². The van der Waals surface area contributed by atoms with E-state index >= 15 is 0 Å². The summed E-state index contributed by atoms with van der Waals surface area (Å²) in [7, 11) is 0. The number of halogens is 2. The number of benzene rings is 1. The van der Waals surface area contributed by atoms with Crippen LogP contribution >= 0.6 is 0 Å². The van der Waals surface area contributed by atoms with Gasteiger partial charge < -0.3 is 10.6 Å². The van der Waals surface area contributed by atoms with E-state index in [2.05, 4.69) is 10.6 Å². The lowest BCUT2D eigenvalue weighted by atomic mass is 10.2. The van der Waals surface area contributed by atoms with Crippen LogP contribution in [-0.2, 0) is 4.79 Å². The monoisotopic (exact) mass is 242 g/mol. The Morgan fingerprint density at radius 3 is 2.76 bits per heavy atom. The summed E-state index contributed by atoms with van der Waals surface area (Å²) in [4.78, 5) is 11.5. The van der Waals surface area contributed by atoms with Gasteiger partial charge >= 0.3 is 0 Å². The largest absolute Gasteiger partial charge is 0.323 e. The van der Waals surface area contributed by atoms with Crippen molar-refractivity contribution in [2.75, 3.05) is 11.9 Å². The molecule has 0 saturated carbocycles. The zero-order valence-corrected chi connectivity index (χ0v) is 9.89. The molecule has 0 radical (unpaired) electrons. The molecule has 5 heteroatoms. The van der Waals surface area contributed by atoms with Gasteiger partial charge in [0.05, 0.1) is 5.69 Å². The fourth-order valence-corrected chi connectivity index (χ4v) is 1.49. The Hall–Kier alpha value is -1.49. The molecule has 0 spiro atoms. The molecule has 1 aromatic rings. The van der Waals surface area contributed by atoms with Crippen molar-refractivity contribution in [3.63, 3.8) is 0 Å². The van der Waals surface area contributed by atoms with Crippen LogP contribution in [0, 0.1) is 11.6 Å². The van der Waals surface area contributed by atoms with Crippen LogP contribution in [0.4, 0.5) is 14.5 Å². The highest BCUT2D eigenvalue weighted by Crippen LogP contribution is 2.15. The van der Waals surface area contributed by atoms with E-state index in [1.807, 2.05) is 13.8 Å². The number of carbonyl (C=O) groups excluding carboxylic acids is 1. The van der Waals surface area contributed by atoms with Crippen molar-refractivity contribution in [2.24, 2.45) is 0 Å². The van der Waals surface area contributed by atoms with Crippen molar-refractivity contribution in [2.45, 2.75) is 26.3 Å². The van der Waals surface area contributed by atoms with Crippen molar-refractivity contribution in [3.8, 4) is 0 Å². The molecule has 0 aliphatic carbocycles. The Bertz CT molecular complexity index is 396. The number of carbonyl (C=O) groups is 1. The van der Waals surface area contributed by atoms with Crippen molar-refractivity contribution in [1.29, 1.82) is 0 Å². The summed E-state index contributed by atoms with van der Waals surface area (Å²) in [6.45, 7) is 4.54. The Morgan fingerprint density at radius 2 is 2.12 bits per heavy atom. The Balaban J connectivity index is 2.58. The maximum atomic E-state index is 13.2. The first-order chi connectivity index (χ1) is 8.02. The third-order valence-corrected chi connectivity index (χ3v) is 2.25. The van der Waals surface area contributed by atoms with E-state index in [4.69, 9.17) is 0 Å². The van der Waals surface area contributed by atoms with E-state index in [0.29, 0.717) is 0 Å². The van der Waals surface area contributed by atoms with Gasteiger partial charge in [-0.05, 0) is 25.6 Å². The molecule has 0 heterocycles. The summed E-state index contributed by atoms with van der Waals surface area (Å²) < 4.78 is 26.1. The molecule has 3 nitrogen and oxygen atoms in total. The standard InChI is InChI=1S/C12H16F2N2O/c1-3-15-8(2)6-12(17)16-11-7-9(13)4-5-10(11)14/h4-5,7-8,15H,3,6H2,1-2H3,(H,16,17). The lowest BCUT2D eigenvalue weighted by molar-refractivity contribution is -0.116. The molecular weight excluding hydrogens is 226 g/mol. The van der Waals surface area contributed by atoms with E-state index in [1.165, 1.54) is 0 Å². The normalized spacial score (nSPS) is 12.2. The minimum atomic E-state index is -0.643. The first-order valence-corrected chi connectivity index (χ1v) is 5.51. The average Bonchev–Trinajstić information content (AvgIpc) is 2.23. The zero-order chi connectivity index (χ0) is 12.8. The predicted molar refractivity (Wildman–Crippen MR) is 62.7 cm³/mol. The molecule has 1 amide bonds. The van der Waals surface area contributed by atoms with Gasteiger partial charge in [0, 0.05) is 18.5 Å². The lowest BCUT2D eigenvalue weighted by Gasteiger charge is -2.12. The van der Waals surface area contributed by atoms with Crippen molar-refractivity contribution in [1.82, 2.24) is 5.32 Å². The molecule has 0 aliphatic rings. The molecule has 0 aromatic heterocycles. The third-order valence-electron chi connectivity index (χ3n) is 2.25. The predicted octanol–water partition coefficient (Wildman–Crippen LogP) is 2.29. The molecule has 17 heavy (non-hydrogen) atoms. The second-order valence-corrected chi connectivity index (χ2v) is 3.84. The number of nitrogens with one attached hydrogen (secondary N) is 2. The van der Waals surface area contributed by atoms with Gasteiger partial charge in [-0.1, -0.05) is 6.92 Å². The minimum Gasteiger partial charge on any atom is -0.323 e. The molecule has 0 fully saturated rings. The highest BCUT2D eigenvalue weighted by atomic mass is 19.1. The van der Waals surface area contributed by atoms with E-state index in [9.17, 15) is 13.6 Å². The average molecular weight is 242 g/mol. The quantitative estimate of drug-likeness (QED) is 0.831. The van der Waals surface area contributed by atoms with Crippen LogP contribution in [0.1, 0.15) is 20.3 Å². The van der Waals surface area contributed by atoms with Crippen molar-refractivity contribution in [3.05, 3.63) is 29.8 Å². The molecular formula is C12H16F2N2O. The van der Waals surface area contributed by atoms with Crippen molar-refractivity contribution < 1.29 is 13.6 Å². The van der Waals surface area contributed by atoms with Gasteiger partial charge in [0.1, 0.15) is 11.6 Å². The second-order valence-electron chi connectivity index (χ2n) is 3.84.